The lowest BCUT2D eigenvalue weighted by Crippen LogP contribution is -2.60. The van der Waals surface area contributed by atoms with E-state index in [0.29, 0.717) is 6.61 Å². The third-order valence-corrected chi connectivity index (χ3v) is 3.90. The molecule has 3 nitrogen and oxygen atoms in total. The molecule has 0 aromatic carbocycles. The van der Waals surface area contributed by atoms with E-state index in [1.807, 2.05) is 6.92 Å². The van der Waals surface area contributed by atoms with Crippen LogP contribution in [-0.4, -0.2) is 24.7 Å². The van der Waals surface area contributed by atoms with Gasteiger partial charge in [-0.15, -0.1) is 0 Å². The van der Waals surface area contributed by atoms with Crippen molar-refractivity contribution in [1.29, 1.82) is 0 Å². The third-order valence-electron chi connectivity index (χ3n) is 3.90. The highest BCUT2D eigenvalue weighted by Crippen LogP contribution is 2.50. The summed E-state index contributed by atoms with van der Waals surface area (Å²) in [5.74, 6) is -0.0655. The van der Waals surface area contributed by atoms with Crippen LogP contribution in [-0.2, 0) is 9.53 Å². The Bertz CT molecular complexity index is 305. The molecule has 1 fully saturated rings. The Morgan fingerprint density at radius 2 is 1.58 bits per heavy atom. The number of ether oxygens (including phenoxy) is 1. The molecule has 0 bridgehead atoms. The number of nitrogens with one attached hydrogen (secondary N) is 1. The molecule has 0 unspecified atom stereocenters. The van der Waals surface area contributed by atoms with Gasteiger partial charge in [0, 0.05) is 0 Å². The Hall–Kier alpha value is -0.570. The normalized spacial score (nSPS) is 23.9. The van der Waals surface area contributed by atoms with Crippen molar-refractivity contribution in [2.24, 2.45) is 10.8 Å². The molecule has 0 heterocycles. The van der Waals surface area contributed by atoms with Crippen LogP contribution in [0.1, 0.15) is 67.2 Å². The fourth-order valence-electron chi connectivity index (χ4n) is 4.09. The molecule has 1 saturated carbocycles. The monoisotopic (exact) mass is 269 g/mol. The Morgan fingerprint density at radius 3 is 2.00 bits per heavy atom. The lowest BCUT2D eigenvalue weighted by Gasteiger charge is -2.50. The molecular formula is C16H31NO2. The van der Waals surface area contributed by atoms with E-state index in [9.17, 15) is 4.79 Å². The predicted octanol–water partition coefficient (Wildman–Crippen LogP) is 3.52. The maximum atomic E-state index is 12.5. The topological polar surface area (TPSA) is 38.3 Å². The zero-order valence-corrected chi connectivity index (χ0v) is 13.6. The summed E-state index contributed by atoms with van der Waals surface area (Å²) in [5, 5.41) is 3.51. The van der Waals surface area contributed by atoms with Gasteiger partial charge in [-0.05, 0) is 50.0 Å². The summed E-state index contributed by atoms with van der Waals surface area (Å²) in [7, 11) is 0. The number of rotatable bonds is 5. The van der Waals surface area contributed by atoms with E-state index in [4.69, 9.17) is 4.74 Å². The van der Waals surface area contributed by atoms with Gasteiger partial charge in [0.15, 0.2) is 0 Å². The van der Waals surface area contributed by atoms with Crippen molar-refractivity contribution in [2.45, 2.75) is 72.8 Å². The summed E-state index contributed by atoms with van der Waals surface area (Å²) in [6.45, 7) is 14.4. The van der Waals surface area contributed by atoms with E-state index in [-0.39, 0.29) is 16.8 Å². The molecule has 1 N–H and O–H groups in total. The number of hydrogen-bond acceptors (Lipinski definition) is 3. The molecule has 0 amide bonds. The maximum Gasteiger partial charge on any atom is 0.326 e. The van der Waals surface area contributed by atoms with Crippen molar-refractivity contribution in [2.75, 3.05) is 13.2 Å². The Kier molecular flexibility index (Phi) is 5.05. The Labute approximate surface area is 118 Å². The molecule has 0 radical (unpaired) electrons. The second kappa shape index (κ2) is 5.82. The van der Waals surface area contributed by atoms with Gasteiger partial charge in [0.1, 0.15) is 5.54 Å². The molecule has 1 aliphatic rings. The summed E-state index contributed by atoms with van der Waals surface area (Å²) in [6.07, 6.45) is 3.90. The average Bonchev–Trinajstić information content (AvgIpc) is 2.22. The molecule has 19 heavy (non-hydrogen) atoms. The molecule has 0 aromatic heterocycles. The number of carbonyl (C=O) groups is 1. The first-order valence-electron chi connectivity index (χ1n) is 7.59. The Morgan fingerprint density at radius 1 is 1.05 bits per heavy atom. The summed E-state index contributed by atoms with van der Waals surface area (Å²) < 4.78 is 5.37. The predicted molar refractivity (Wildman–Crippen MR) is 79.1 cm³/mol. The van der Waals surface area contributed by atoms with E-state index in [1.165, 1.54) is 0 Å². The van der Waals surface area contributed by atoms with E-state index in [1.54, 1.807) is 0 Å². The van der Waals surface area contributed by atoms with Gasteiger partial charge in [0.25, 0.3) is 0 Å². The summed E-state index contributed by atoms with van der Waals surface area (Å²) in [6, 6.07) is 0. The van der Waals surface area contributed by atoms with Gasteiger partial charge in [0.2, 0.25) is 0 Å². The van der Waals surface area contributed by atoms with Crippen LogP contribution in [0.25, 0.3) is 0 Å². The van der Waals surface area contributed by atoms with Gasteiger partial charge < -0.3 is 10.1 Å². The quantitative estimate of drug-likeness (QED) is 0.776. The highest BCUT2D eigenvalue weighted by Gasteiger charge is 2.52. The van der Waals surface area contributed by atoms with Crippen molar-refractivity contribution in [3.05, 3.63) is 0 Å². The molecule has 0 aromatic rings. The van der Waals surface area contributed by atoms with Crippen molar-refractivity contribution in [3.8, 4) is 0 Å². The van der Waals surface area contributed by atoms with Gasteiger partial charge in [-0.3, -0.25) is 4.79 Å². The van der Waals surface area contributed by atoms with Gasteiger partial charge >= 0.3 is 5.97 Å². The number of carbonyl (C=O) groups excluding carboxylic acids is 1. The molecule has 0 atom stereocenters. The van der Waals surface area contributed by atoms with Gasteiger partial charge in [-0.1, -0.05) is 34.6 Å². The van der Waals surface area contributed by atoms with Crippen LogP contribution in [0.5, 0.6) is 0 Å². The van der Waals surface area contributed by atoms with Crippen LogP contribution >= 0.6 is 0 Å². The van der Waals surface area contributed by atoms with Gasteiger partial charge in [-0.25, -0.2) is 0 Å². The van der Waals surface area contributed by atoms with Crippen LogP contribution < -0.4 is 5.32 Å². The fraction of sp³-hybridized carbons (Fsp3) is 0.938. The molecule has 3 heteroatoms. The largest absolute Gasteiger partial charge is 0.465 e. The zero-order chi connectivity index (χ0) is 14.7. The number of hydrogen-bond donors (Lipinski definition) is 1. The lowest BCUT2D eigenvalue weighted by molar-refractivity contribution is -0.158. The van der Waals surface area contributed by atoms with Crippen molar-refractivity contribution in [3.63, 3.8) is 0 Å². The minimum Gasteiger partial charge on any atom is -0.465 e. The fourth-order valence-corrected chi connectivity index (χ4v) is 4.09. The van der Waals surface area contributed by atoms with E-state index in [0.717, 1.165) is 32.2 Å². The Balaban J connectivity index is 3.03. The molecular weight excluding hydrogens is 238 g/mol. The van der Waals surface area contributed by atoms with E-state index < -0.39 is 5.54 Å². The smallest absolute Gasteiger partial charge is 0.326 e. The first-order valence-corrected chi connectivity index (χ1v) is 7.59. The van der Waals surface area contributed by atoms with Crippen molar-refractivity contribution < 1.29 is 9.53 Å². The van der Waals surface area contributed by atoms with Crippen LogP contribution in [0.3, 0.4) is 0 Å². The highest BCUT2D eigenvalue weighted by molar-refractivity contribution is 5.81. The molecule has 1 aliphatic carbocycles. The first-order chi connectivity index (χ1) is 8.66. The van der Waals surface area contributed by atoms with Crippen molar-refractivity contribution in [1.82, 2.24) is 5.32 Å². The third kappa shape index (κ3) is 4.20. The SMILES string of the molecule is CCCNC1(C(=O)OCC)CC(C)(C)CC(C)(C)C1. The van der Waals surface area contributed by atoms with E-state index >= 15 is 0 Å². The minimum atomic E-state index is -0.503. The second-order valence-electron chi connectivity index (χ2n) is 7.59. The first kappa shape index (κ1) is 16.5. The molecule has 0 saturated heterocycles. The standard InChI is InChI=1S/C16H31NO2/c1-7-9-17-16(13(18)19-8-2)11-14(3,4)10-15(5,6)12-16/h17H,7-12H2,1-6H3. The summed E-state index contributed by atoms with van der Waals surface area (Å²) >= 11 is 0. The summed E-state index contributed by atoms with van der Waals surface area (Å²) in [4.78, 5) is 12.5. The molecule has 112 valence electrons. The lowest BCUT2D eigenvalue weighted by atomic mass is 9.58. The highest BCUT2D eigenvalue weighted by atomic mass is 16.5. The molecule has 0 spiro atoms. The van der Waals surface area contributed by atoms with Crippen LogP contribution in [0.4, 0.5) is 0 Å². The van der Waals surface area contributed by atoms with Crippen LogP contribution in [0.15, 0.2) is 0 Å². The van der Waals surface area contributed by atoms with E-state index in [2.05, 4.69) is 39.9 Å². The molecule has 0 aliphatic heterocycles. The number of esters is 1. The van der Waals surface area contributed by atoms with Crippen molar-refractivity contribution >= 4 is 5.97 Å². The maximum absolute atomic E-state index is 12.5. The zero-order valence-electron chi connectivity index (χ0n) is 13.6. The van der Waals surface area contributed by atoms with Gasteiger partial charge in [0.05, 0.1) is 6.61 Å². The minimum absolute atomic E-state index is 0.0655. The van der Waals surface area contributed by atoms with Gasteiger partial charge in [-0.2, -0.15) is 0 Å². The summed E-state index contributed by atoms with van der Waals surface area (Å²) in [5.41, 5.74) is -0.179. The average molecular weight is 269 g/mol. The van der Waals surface area contributed by atoms with Crippen LogP contribution in [0, 0.1) is 10.8 Å². The van der Waals surface area contributed by atoms with Crippen LogP contribution in [0.2, 0.25) is 0 Å². The second-order valence-corrected chi connectivity index (χ2v) is 7.59. The molecule has 1 rings (SSSR count).